The molecule has 1 saturated carbocycles. The van der Waals surface area contributed by atoms with Crippen LogP contribution in [0.2, 0.25) is 0 Å². The van der Waals surface area contributed by atoms with Crippen molar-refractivity contribution < 1.29 is 18.2 Å². The van der Waals surface area contributed by atoms with Gasteiger partial charge in [-0.05, 0) is 38.3 Å². The molecule has 1 aromatic rings. The third-order valence-corrected chi connectivity index (χ3v) is 8.11. The second-order valence-electron chi connectivity index (χ2n) is 7.38. The van der Waals surface area contributed by atoms with E-state index in [1.807, 2.05) is 24.0 Å². The summed E-state index contributed by atoms with van der Waals surface area (Å²) in [4.78, 5) is 14.8. The average molecular weight is 366 g/mol. The summed E-state index contributed by atoms with van der Waals surface area (Å²) in [5.41, 5.74) is -0.326. The van der Waals surface area contributed by atoms with Crippen molar-refractivity contribution in [3.05, 3.63) is 24.2 Å². The SMILES string of the molecule is CCN=S1(=O)CCC2(CC1)CN(C(=O)[C@@H]1C[C@H]1c1ccco1)CCO2. The maximum absolute atomic E-state index is 12.9. The normalized spacial score (nSPS) is 37.9. The molecular formula is C18H26N2O4S. The van der Waals surface area contributed by atoms with Crippen LogP contribution in [0.1, 0.15) is 37.9 Å². The van der Waals surface area contributed by atoms with E-state index in [0.717, 1.165) is 25.0 Å². The summed E-state index contributed by atoms with van der Waals surface area (Å²) in [6.45, 7) is 4.37. The van der Waals surface area contributed by atoms with E-state index in [2.05, 4.69) is 4.36 Å². The van der Waals surface area contributed by atoms with Gasteiger partial charge in [0.1, 0.15) is 5.76 Å². The standard InChI is InChI=1S/C18H26N2O4S/c1-2-19-25(22)10-5-18(6-11-25)13-20(7-9-24-18)17(21)15-12-14(15)16-4-3-8-23-16/h3-4,8,14-15H,2,5-7,9-13H2,1H3/t14-,15-,18?,25?/m1/s1. The molecule has 0 bridgehead atoms. The van der Waals surface area contributed by atoms with Crippen LogP contribution in [0.25, 0.3) is 0 Å². The van der Waals surface area contributed by atoms with Gasteiger partial charge in [0, 0.05) is 52.7 Å². The number of ether oxygens (including phenoxy) is 1. The molecule has 1 amide bonds. The second-order valence-corrected chi connectivity index (χ2v) is 10.0. The molecule has 1 aromatic heterocycles. The Hall–Kier alpha value is -1.34. The Bertz CT molecular complexity index is 737. The molecule has 2 aliphatic heterocycles. The number of hydrogen-bond acceptors (Lipinski definition) is 5. The van der Waals surface area contributed by atoms with Crippen molar-refractivity contribution in [1.29, 1.82) is 0 Å². The molecule has 2 saturated heterocycles. The summed E-state index contributed by atoms with van der Waals surface area (Å²) in [7, 11) is -2.07. The lowest BCUT2D eigenvalue weighted by molar-refractivity contribution is -0.153. The number of hydrogen-bond donors (Lipinski definition) is 0. The van der Waals surface area contributed by atoms with E-state index in [0.29, 0.717) is 37.7 Å². The molecular weight excluding hydrogens is 340 g/mol. The minimum absolute atomic E-state index is 0.0456. The van der Waals surface area contributed by atoms with Gasteiger partial charge < -0.3 is 14.1 Å². The van der Waals surface area contributed by atoms with Crippen LogP contribution in [0.3, 0.4) is 0 Å². The maximum atomic E-state index is 12.9. The number of carbonyl (C=O) groups is 1. The van der Waals surface area contributed by atoms with Gasteiger partial charge in [-0.25, -0.2) is 8.57 Å². The smallest absolute Gasteiger partial charge is 0.226 e. The zero-order valence-electron chi connectivity index (χ0n) is 14.7. The summed E-state index contributed by atoms with van der Waals surface area (Å²) in [6.07, 6.45) is 4.00. The highest BCUT2D eigenvalue weighted by Gasteiger charge is 2.50. The quantitative estimate of drug-likeness (QED) is 0.823. The van der Waals surface area contributed by atoms with Crippen molar-refractivity contribution in [1.82, 2.24) is 4.90 Å². The molecule has 0 radical (unpaired) electrons. The molecule has 2 atom stereocenters. The Morgan fingerprint density at radius 1 is 1.44 bits per heavy atom. The summed E-state index contributed by atoms with van der Waals surface area (Å²) >= 11 is 0. The van der Waals surface area contributed by atoms with E-state index in [1.165, 1.54) is 0 Å². The lowest BCUT2D eigenvalue weighted by Crippen LogP contribution is -2.57. The fourth-order valence-electron chi connectivity index (χ4n) is 4.14. The van der Waals surface area contributed by atoms with Crippen LogP contribution in [0.4, 0.5) is 0 Å². The molecule has 25 heavy (non-hydrogen) atoms. The molecule has 3 heterocycles. The van der Waals surface area contributed by atoms with Crippen LogP contribution in [0, 0.1) is 5.92 Å². The number of nitrogens with zero attached hydrogens (tertiary/aromatic N) is 2. The summed E-state index contributed by atoms with van der Waals surface area (Å²) < 4.78 is 28.5. The monoisotopic (exact) mass is 366 g/mol. The van der Waals surface area contributed by atoms with Crippen molar-refractivity contribution in [2.75, 3.05) is 37.7 Å². The predicted molar refractivity (Wildman–Crippen MR) is 94.9 cm³/mol. The van der Waals surface area contributed by atoms with Gasteiger partial charge in [0.15, 0.2) is 0 Å². The van der Waals surface area contributed by atoms with Crippen LogP contribution in [-0.4, -0.2) is 58.4 Å². The van der Waals surface area contributed by atoms with Crippen molar-refractivity contribution in [3.63, 3.8) is 0 Å². The van der Waals surface area contributed by atoms with E-state index in [1.54, 1.807) is 6.26 Å². The van der Waals surface area contributed by atoms with Crippen LogP contribution < -0.4 is 0 Å². The minimum Gasteiger partial charge on any atom is -0.469 e. The first-order valence-electron chi connectivity index (χ1n) is 9.19. The summed E-state index contributed by atoms with van der Waals surface area (Å²) in [5, 5.41) is 0. The fraction of sp³-hybridized carbons (Fsp3) is 0.722. The van der Waals surface area contributed by atoms with Crippen molar-refractivity contribution in [2.24, 2.45) is 10.3 Å². The van der Waals surface area contributed by atoms with Crippen LogP contribution >= 0.6 is 0 Å². The molecule has 138 valence electrons. The lowest BCUT2D eigenvalue weighted by atomic mass is 9.94. The third-order valence-electron chi connectivity index (χ3n) is 5.69. The first kappa shape index (κ1) is 17.1. The Morgan fingerprint density at radius 3 is 2.92 bits per heavy atom. The largest absolute Gasteiger partial charge is 0.469 e. The summed E-state index contributed by atoms with van der Waals surface area (Å²) in [5.74, 6) is 2.58. The number of amides is 1. The van der Waals surface area contributed by atoms with Gasteiger partial charge in [-0.1, -0.05) is 0 Å². The van der Waals surface area contributed by atoms with Crippen LogP contribution in [-0.2, 0) is 19.3 Å². The Labute approximate surface area is 149 Å². The fourth-order valence-corrected chi connectivity index (χ4v) is 6.45. The highest BCUT2D eigenvalue weighted by atomic mass is 32.2. The predicted octanol–water partition coefficient (Wildman–Crippen LogP) is 2.26. The molecule has 3 aliphatic rings. The maximum Gasteiger partial charge on any atom is 0.226 e. The van der Waals surface area contributed by atoms with Gasteiger partial charge in [-0.3, -0.25) is 4.79 Å². The van der Waals surface area contributed by atoms with Crippen LogP contribution in [0.5, 0.6) is 0 Å². The first-order chi connectivity index (χ1) is 12.0. The van der Waals surface area contributed by atoms with E-state index in [9.17, 15) is 9.00 Å². The van der Waals surface area contributed by atoms with Crippen molar-refractivity contribution in [3.8, 4) is 0 Å². The highest BCUT2D eigenvalue weighted by molar-refractivity contribution is 7.93. The zero-order chi connectivity index (χ0) is 17.5. The first-order valence-corrected chi connectivity index (χ1v) is 11.0. The zero-order valence-corrected chi connectivity index (χ0v) is 15.5. The Kier molecular flexibility index (Phi) is 4.40. The van der Waals surface area contributed by atoms with Gasteiger partial charge in [0.2, 0.25) is 5.91 Å². The topological polar surface area (TPSA) is 72.1 Å². The molecule has 0 unspecified atom stereocenters. The molecule has 3 fully saturated rings. The number of furan rings is 1. The molecule has 4 rings (SSSR count). The molecule has 1 aliphatic carbocycles. The van der Waals surface area contributed by atoms with Gasteiger partial charge in [0.25, 0.3) is 0 Å². The van der Waals surface area contributed by atoms with Gasteiger partial charge in [-0.15, -0.1) is 0 Å². The molecule has 7 heteroatoms. The average Bonchev–Trinajstić information content (AvgIpc) is 3.22. The minimum atomic E-state index is -2.07. The van der Waals surface area contributed by atoms with Gasteiger partial charge in [0.05, 0.1) is 18.5 Å². The second kappa shape index (κ2) is 6.43. The molecule has 6 nitrogen and oxygen atoms in total. The summed E-state index contributed by atoms with van der Waals surface area (Å²) in [6, 6.07) is 3.83. The van der Waals surface area contributed by atoms with Crippen LogP contribution in [0.15, 0.2) is 27.2 Å². The molecule has 0 N–H and O–H groups in total. The number of morpholine rings is 1. The number of carbonyl (C=O) groups excluding carboxylic acids is 1. The van der Waals surface area contributed by atoms with E-state index < -0.39 is 9.73 Å². The molecule has 0 aromatic carbocycles. The van der Waals surface area contributed by atoms with Crippen molar-refractivity contribution >= 4 is 15.6 Å². The van der Waals surface area contributed by atoms with E-state index >= 15 is 0 Å². The van der Waals surface area contributed by atoms with Gasteiger partial charge in [-0.2, -0.15) is 0 Å². The van der Waals surface area contributed by atoms with E-state index in [-0.39, 0.29) is 23.3 Å². The Balaban J connectivity index is 1.40. The van der Waals surface area contributed by atoms with E-state index in [4.69, 9.17) is 9.15 Å². The van der Waals surface area contributed by atoms with Gasteiger partial charge >= 0.3 is 0 Å². The Morgan fingerprint density at radius 2 is 2.24 bits per heavy atom. The number of rotatable bonds is 3. The van der Waals surface area contributed by atoms with Crippen molar-refractivity contribution in [2.45, 2.75) is 37.7 Å². The third kappa shape index (κ3) is 3.36. The molecule has 1 spiro atoms. The highest BCUT2D eigenvalue weighted by Crippen LogP contribution is 2.49. The lowest BCUT2D eigenvalue weighted by Gasteiger charge is -2.45.